The van der Waals surface area contributed by atoms with Crippen LogP contribution in [-0.2, 0) is 21.3 Å². The lowest BCUT2D eigenvalue weighted by Gasteiger charge is -2.26. The van der Waals surface area contributed by atoms with Crippen LogP contribution in [0.4, 0.5) is 0 Å². The molecule has 2 saturated heterocycles. The number of morpholine rings is 2. The number of carbonyl (C=O) groups is 2. The van der Waals surface area contributed by atoms with Crippen LogP contribution in [0.1, 0.15) is 16.1 Å². The maximum absolute atomic E-state index is 12.9. The fourth-order valence-electron chi connectivity index (χ4n) is 3.90. The maximum atomic E-state index is 12.9. The minimum atomic E-state index is -1.10. The number of hydrogen-bond acceptors (Lipinski definition) is 8. The monoisotopic (exact) mass is 460 g/mol. The van der Waals surface area contributed by atoms with Crippen molar-refractivity contribution in [2.75, 3.05) is 59.7 Å². The summed E-state index contributed by atoms with van der Waals surface area (Å²) < 4.78 is 11.8. The van der Waals surface area contributed by atoms with Gasteiger partial charge in [0.1, 0.15) is 5.69 Å². The highest BCUT2D eigenvalue weighted by Gasteiger charge is 2.34. The van der Waals surface area contributed by atoms with Crippen LogP contribution in [-0.4, -0.2) is 113 Å². The van der Waals surface area contributed by atoms with Crippen LogP contribution in [0, 0.1) is 0 Å². The average molecular weight is 460 g/mol. The van der Waals surface area contributed by atoms with Crippen molar-refractivity contribution in [3.8, 4) is 0 Å². The van der Waals surface area contributed by atoms with Gasteiger partial charge in [-0.2, -0.15) is 5.10 Å². The summed E-state index contributed by atoms with van der Waals surface area (Å²) in [6.07, 6.45) is 3.49. The number of aryl methyl sites for hydroxylation is 1. The first-order chi connectivity index (χ1) is 15.9. The first-order valence-corrected chi connectivity index (χ1v) is 10.8. The molecule has 0 radical (unpaired) electrons. The van der Waals surface area contributed by atoms with Gasteiger partial charge < -0.3 is 24.4 Å². The van der Waals surface area contributed by atoms with E-state index in [2.05, 4.69) is 10.2 Å². The van der Waals surface area contributed by atoms with Gasteiger partial charge in [-0.05, 0) is 6.08 Å². The Bertz CT molecular complexity index is 1060. The van der Waals surface area contributed by atoms with Crippen molar-refractivity contribution < 1.29 is 24.2 Å². The second-order valence-corrected chi connectivity index (χ2v) is 7.95. The van der Waals surface area contributed by atoms with Gasteiger partial charge in [-0.15, -0.1) is 0 Å². The Morgan fingerprint density at radius 3 is 2.21 bits per heavy atom. The number of nitrogens with zero attached hydrogens (tertiary/aromatic N) is 5. The number of hydrogen-bond donors (Lipinski definition) is 2. The number of H-pyrrole nitrogens is 1. The third-order valence-electron chi connectivity index (χ3n) is 5.80. The molecule has 4 heterocycles. The molecule has 12 heteroatoms. The summed E-state index contributed by atoms with van der Waals surface area (Å²) in [5, 5.41) is 18.8. The number of likely N-dealkylation sites (N-methyl/N-ethyl adjacent to an activating group) is 1. The molecule has 33 heavy (non-hydrogen) atoms. The van der Waals surface area contributed by atoms with Gasteiger partial charge in [0.05, 0.1) is 32.0 Å². The van der Waals surface area contributed by atoms with Crippen LogP contribution in [0.15, 0.2) is 27.6 Å². The molecule has 0 aromatic carbocycles. The Labute approximate surface area is 190 Å². The summed E-state index contributed by atoms with van der Waals surface area (Å²) in [5.41, 5.74) is 0.483. The number of allylic oxidation sites excluding steroid dienone is 2. The number of carbonyl (C=O) groups excluding carboxylic acids is 2. The van der Waals surface area contributed by atoms with E-state index in [4.69, 9.17) is 9.47 Å². The molecule has 4 rings (SSSR count). The normalized spacial score (nSPS) is 23.0. The first-order valence-electron chi connectivity index (χ1n) is 10.8. The minimum absolute atomic E-state index is 0.142. The van der Waals surface area contributed by atoms with Gasteiger partial charge in [-0.3, -0.25) is 29.2 Å². The Morgan fingerprint density at radius 1 is 1.03 bits per heavy atom. The summed E-state index contributed by atoms with van der Waals surface area (Å²) >= 11 is 0. The molecule has 0 spiro atoms. The zero-order valence-electron chi connectivity index (χ0n) is 18.7. The highest BCUT2D eigenvalue weighted by molar-refractivity contribution is 6.46. The molecule has 3 aliphatic heterocycles. The van der Waals surface area contributed by atoms with Crippen LogP contribution in [0.5, 0.6) is 0 Å². The van der Waals surface area contributed by atoms with Gasteiger partial charge in [0.25, 0.3) is 17.4 Å². The second-order valence-electron chi connectivity index (χ2n) is 7.95. The summed E-state index contributed by atoms with van der Waals surface area (Å²) in [7, 11) is 3.11. The van der Waals surface area contributed by atoms with E-state index >= 15 is 0 Å². The number of aromatic amines is 1. The molecule has 1 aromatic heterocycles. The zero-order chi connectivity index (χ0) is 23.5. The fourth-order valence-corrected chi connectivity index (χ4v) is 3.90. The van der Waals surface area contributed by atoms with E-state index in [-0.39, 0.29) is 34.3 Å². The largest absolute Gasteiger partial charge is 0.378 e. The van der Waals surface area contributed by atoms with E-state index < -0.39 is 6.23 Å². The van der Waals surface area contributed by atoms with Crippen molar-refractivity contribution >= 4 is 23.6 Å². The van der Waals surface area contributed by atoms with E-state index in [1.807, 2.05) is 0 Å². The third-order valence-corrected chi connectivity index (χ3v) is 5.80. The van der Waals surface area contributed by atoms with E-state index in [0.29, 0.717) is 58.2 Å². The molecule has 12 nitrogen and oxygen atoms in total. The smallest absolute Gasteiger partial charge is 0.274 e. The van der Waals surface area contributed by atoms with Crippen LogP contribution in [0.3, 0.4) is 0 Å². The molecule has 0 aliphatic carbocycles. The van der Waals surface area contributed by atoms with Crippen molar-refractivity contribution in [3.05, 3.63) is 39.3 Å². The van der Waals surface area contributed by atoms with Crippen LogP contribution in [0.2, 0.25) is 0 Å². The Morgan fingerprint density at radius 2 is 1.61 bits per heavy atom. The number of aromatic nitrogens is 2. The van der Waals surface area contributed by atoms with Gasteiger partial charge in [0.2, 0.25) is 0 Å². The number of amides is 2. The molecular formula is C21H28N6O6. The summed E-state index contributed by atoms with van der Waals surface area (Å²) in [6.45, 7) is 3.60. The lowest BCUT2D eigenvalue weighted by molar-refractivity contribution is -0.127. The highest BCUT2D eigenvalue weighted by atomic mass is 16.5. The number of aliphatic hydroxyl groups excluding tert-OH is 1. The van der Waals surface area contributed by atoms with E-state index in [1.54, 1.807) is 29.0 Å². The minimum Gasteiger partial charge on any atom is -0.378 e. The van der Waals surface area contributed by atoms with Crippen molar-refractivity contribution in [1.29, 1.82) is 0 Å². The molecule has 1 atom stereocenters. The summed E-state index contributed by atoms with van der Waals surface area (Å²) in [4.78, 5) is 41.7. The van der Waals surface area contributed by atoms with E-state index in [0.717, 1.165) is 0 Å². The number of nitrogens with one attached hydrogen (secondary N) is 1. The van der Waals surface area contributed by atoms with Crippen LogP contribution >= 0.6 is 0 Å². The molecule has 2 N–H and O–H groups in total. The standard InChI is InChI=1S/C21H28N6O6/c1-24-18(28)14(16(22-24)20(30)26-6-10-32-11-7-26)4-3-5-15-17(23-25(2)19(15)29)21(31)27-8-12-33-13-9-27/h3-5,18,23,28H,6-13H2,1-2H3/t18-/m1/s1. The van der Waals surface area contributed by atoms with Crippen molar-refractivity contribution in [2.45, 2.75) is 6.23 Å². The molecule has 2 amide bonds. The maximum Gasteiger partial charge on any atom is 0.274 e. The molecule has 0 unspecified atom stereocenters. The van der Waals surface area contributed by atoms with Gasteiger partial charge in [0, 0.05) is 45.8 Å². The van der Waals surface area contributed by atoms with Gasteiger partial charge in [-0.1, -0.05) is 12.2 Å². The molecule has 3 aliphatic rings. The van der Waals surface area contributed by atoms with E-state index in [9.17, 15) is 19.5 Å². The topological polar surface area (TPSA) is 133 Å². The fraction of sp³-hybridized carbons (Fsp3) is 0.524. The van der Waals surface area contributed by atoms with Crippen LogP contribution in [0.25, 0.3) is 6.08 Å². The van der Waals surface area contributed by atoms with Gasteiger partial charge in [0.15, 0.2) is 11.9 Å². The zero-order valence-corrected chi connectivity index (χ0v) is 18.7. The predicted octanol–water partition coefficient (Wildman–Crippen LogP) is -1.40. The second kappa shape index (κ2) is 9.73. The third kappa shape index (κ3) is 4.63. The molecule has 0 bridgehead atoms. The van der Waals surface area contributed by atoms with Crippen molar-refractivity contribution in [2.24, 2.45) is 12.1 Å². The first kappa shape index (κ1) is 23.0. The Kier molecular flexibility index (Phi) is 6.77. The number of aliphatic hydroxyl groups is 1. The molecule has 0 saturated carbocycles. The molecule has 178 valence electrons. The number of ether oxygens (including phenoxy) is 2. The Balaban J connectivity index is 1.58. The predicted molar refractivity (Wildman–Crippen MR) is 118 cm³/mol. The SMILES string of the molecule is CN1N=C(C(=O)N2CCOCC2)C(=CC=Cc2c(C(=O)N3CCOCC3)[nH]n(C)c2=O)[C@H]1O. The molecular weight excluding hydrogens is 432 g/mol. The molecule has 1 aromatic rings. The quantitative estimate of drug-likeness (QED) is 0.565. The molecule has 2 fully saturated rings. The van der Waals surface area contributed by atoms with Gasteiger partial charge >= 0.3 is 0 Å². The number of hydrazone groups is 1. The summed E-state index contributed by atoms with van der Waals surface area (Å²) in [6, 6.07) is 0. The lowest BCUT2D eigenvalue weighted by atomic mass is 10.1. The Hall–Kier alpha value is -3.22. The average Bonchev–Trinajstić information content (AvgIpc) is 3.29. The van der Waals surface area contributed by atoms with E-state index in [1.165, 1.54) is 22.8 Å². The number of rotatable bonds is 4. The summed E-state index contributed by atoms with van der Waals surface area (Å²) in [5.74, 6) is -0.573. The van der Waals surface area contributed by atoms with Crippen LogP contribution < -0.4 is 5.56 Å². The van der Waals surface area contributed by atoms with Gasteiger partial charge in [-0.25, -0.2) is 0 Å². The van der Waals surface area contributed by atoms with Crippen molar-refractivity contribution in [3.63, 3.8) is 0 Å². The highest BCUT2D eigenvalue weighted by Crippen LogP contribution is 2.20. The van der Waals surface area contributed by atoms with Crippen molar-refractivity contribution in [1.82, 2.24) is 24.6 Å². The lowest BCUT2D eigenvalue weighted by Crippen LogP contribution is -2.44.